The first-order valence-corrected chi connectivity index (χ1v) is 6.29. The van der Waals surface area contributed by atoms with Crippen molar-refractivity contribution >= 4 is 18.3 Å². The van der Waals surface area contributed by atoms with Crippen molar-refractivity contribution in [3.05, 3.63) is 36.9 Å². The Bertz CT molecular complexity index is 410. The lowest BCUT2D eigenvalue weighted by Gasteiger charge is -2.33. The van der Waals surface area contributed by atoms with Gasteiger partial charge < -0.3 is 14.6 Å². The van der Waals surface area contributed by atoms with Crippen molar-refractivity contribution in [1.82, 2.24) is 0 Å². The summed E-state index contributed by atoms with van der Waals surface area (Å²) in [7, 11) is -0.272. The van der Waals surface area contributed by atoms with Crippen LogP contribution in [0, 0.1) is 5.41 Å². The van der Waals surface area contributed by atoms with Crippen LogP contribution >= 0.6 is 0 Å². The largest absolute Gasteiger partial charge is 0.496 e. The zero-order chi connectivity index (χ0) is 13.0. The Kier molecular flexibility index (Phi) is 4.09. The van der Waals surface area contributed by atoms with Gasteiger partial charge in [-0.3, -0.25) is 0 Å². The van der Waals surface area contributed by atoms with E-state index < -0.39 is 0 Å². The third-order valence-corrected chi connectivity index (χ3v) is 2.90. The van der Waals surface area contributed by atoms with Gasteiger partial charge in [0.05, 0.1) is 0 Å². The maximum Gasteiger partial charge on any atom is 0.496 e. The van der Waals surface area contributed by atoms with Gasteiger partial charge in [-0.15, -0.1) is 6.58 Å². The highest BCUT2D eigenvalue weighted by atomic mass is 16.6. The molecule has 1 fully saturated rings. The van der Waals surface area contributed by atoms with Crippen LogP contribution in [0.2, 0.25) is 0 Å². The fraction of sp³-hybridized carbons (Fsp3) is 0.429. The van der Waals surface area contributed by atoms with E-state index in [-0.39, 0.29) is 12.5 Å². The summed E-state index contributed by atoms with van der Waals surface area (Å²) in [6.45, 7) is 10.2. The molecule has 4 heteroatoms. The summed E-state index contributed by atoms with van der Waals surface area (Å²) in [5.74, 6) is 0. The summed E-state index contributed by atoms with van der Waals surface area (Å²) in [6, 6.07) is 8.07. The summed E-state index contributed by atoms with van der Waals surface area (Å²) in [5, 5.41) is 3.30. The zero-order valence-electron chi connectivity index (χ0n) is 11.1. The minimum absolute atomic E-state index is 0.0972. The summed E-state index contributed by atoms with van der Waals surface area (Å²) in [6.07, 6.45) is 1.84. The Labute approximate surface area is 109 Å². The number of nitrogens with one attached hydrogen (secondary N) is 1. The van der Waals surface area contributed by atoms with Crippen molar-refractivity contribution in [2.24, 2.45) is 5.41 Å². The van der Waals surface area contributed by atoms with E-state index in [4.69, 9.17) is 9.31 Å². The Morgan fingerprint density at radius 2 is 2.00 bits per heavy atom. The third-order valence-electron chi connectivity index (χ3n) is 2.90. The van der Waals surface area contributed by atoms with Crippen LogP contribution in [0.5, 0.6) is 0 Å². The van der Waals surface area contributed by atoms with Crippen molar-refractivity contribution in [1.29, 1.82) is 0 Å². The van der Waals surface area contributed by atoms with Gasteiger partial charge in [-0.1, -0.05) is 38.1 Å². The quantitative estimate of drug-likeness (QED) is 0.650. The molecule has 2 rings (SSSR count). The minimum atomic E-state index is -0.272. The van der Waals surface area contributed by atoms with E-state index in [0.717, 1.165) is 17.7 Å². The second-order valence-electron chi connectivity index (χ2n) is 5.37. The molecular formula is C14H20BNO2. The predicted molar refractivity (Wildman–Crippen MR) is 76.2 cm³/mol. The van der Waals surface area contributed by atoms with E-state index in [0.29, 0.717) is 13.2 Å². The van der Waals surface area contributed by atoms with Crippen LogP contribution in [0.3, 0.4) is 0 Å². The molecule has 0 radical (unpaired) electrons. The molecule has 1 N–H and O–H groups in total. The van der Waals surface area contributed by atoms with Gasteiger partial charge in [0.15, 0.2) is 0 Å². The van der Waals surface area contributed by atoms with Gasteiger partial charge in [0.2, 0.25) is 0 Å². The highest BCUT2D eigenvalue weighted by molar-refractivity contribution is 6.63. The van der Waals surface area contributed by atoms with E-state index >= 15 is 0 Å². The molecule has 1 aromatic carbocycles. The normalized spacial score (nSPS) is 18.4. The first-order chi connectivity index (χ1) is 8.62. The average Bonchev–Trinajstić information content (AvgIpc) is 2.37. The fourth-order valence-electron chi connectivity index (χ4n) is 1.92. The van der Waals surface area contributed by atoms with E-state index in [1.165, 1.54) is 0 Å². The number of benzene rings is 1. The summed E-state index contributed by atoms with van der Waals surface area (Å²) < 4.78 is 11.6. The van der Waals surface area contributed by atoms with E-state index in [9.17, 15) is 0 Å². The van der Waals surface area contributed by atoms with Crippen molar-refractivity contribution in [3.8, 4) is 0 Å². The SMILES string of the molecule is C=CCNc1ccccc1B1OCC(C)(C)CO1. The maximum absolute atomic E-state index is 5.81. The zero-order valence-corrected chi connectivity index (χ0v) is 11.1. The lowest BCUT2D eigenvalue weighted by molar-refractivity contribution is 0.0343. The van der Waals surface area contributed by atoms with Crippen LogP contribution in [0.15, 0.2) is 36.9 Å². The van der Waals surface area contributed by atoms with Crippen LogP contribution in [-0.2, 0) is 9.31 Å². The number of hydrogen-bond donors (Lipinski definition) is 1. The topological polar surface area (TPSA) is 30.5 Å². The smallest absolute Gasteiger partial charge is 0.407 e. The fourth-order valence-corrected chi connectivity index (χ4v) is 1.92. The molecule has 0 spiro atoms. The van der Waals surface area contributed by atoms with Crippen LogP contribution < -0.4 is 10.8 Å². The van der Waals surface area contributed by atoms with Gasteiger partial charge in [-0.2, -0.15) is 0 Å². The first-order valence-electron chi connectivity index (χ1n) is 6.29. The standard InChI is InChI=1S/C14H20BNO2/c1-4-9-16-13-8-6-5-7-12(13)15-17-10-14(2,3)11-18-15/h4-8,16H,1,9-11H2,2-3H3. The van der Waals surface area contributed by atoms with E-state index in [1.54, 1.807) is 0 Å². The summed E-state index contributed by atoms with van der Waals surface area (Å²) >= 11 is 0. The molecule has 0 atom stereocenters. The third kappa shape index (κ3) is 3.15. The maximum atomic E-state index is 5.81. The van der Waals surface area contributed by atoms with Crippen molar-refractivity contribution < 1.29 is 9.31 Å². The molecule has 1 heterocycles. The molecule has 1 aromatic rings. The van der Waals surface area contributed by atoms with Crippen LogP contribution in [-0.4, -0.2) is 26.9 Å². The molecule has 0 amide bonds. The Hall–Kier alpha value is -1.26. The first kappa shape index (κ1) is 13.2. The molecular weight excluding hydrogens is 225 g/mol. The molecule has 96 valence electrons. The summed E-state index contributed by atoms with van der Waals surface area (Å²) in [5.41, 5.74) is 2.19. The molecule has 1 aliphatic rings. The Morgan fingerprint density at radius 3 is 2.67 bits per heavy atom. The Morgan fingerprint density at radius 1 is 1.33 bits per heavy atom. The molecule has 0 saturated carbocycles. The average molecular weight is 245 g/mol. The van der Waals surface area contributed by atoms with Crippen LogP contribution in [0.1, 0.15) is 13.8 Å². The lowest BCUT2D eigenvalue weighted by atomic mass is 9.75. The molecule has 0 aliphatic carbocycles. The van der Waals surface area contributed by atoms with Gasteiger partial charge in [0, 0.05) is 36.3 Å². The van der Waals surface area contributed by atoms with Gasteiger partial charge in [-0.05, 0) is 6.07 Å². The second kappa shape index (κ2) is 5.59. The number of rotatable bonds is 4. The number of para-hydroxylation sites is 1. The van der Waals surface area contributed by atoms with Crippen LogP contribution in [0.4, 0.5) is 5.69 Å². The van der Waals surface area contributed by atoms with Gasteiger partial charge >= 0.3 is 7.12 Å². The molecule has 18 heavy (non-hydrogen) atoms. The highest BCUT2D eigenvalue weighted by Crippen LogP contribution is 2.22. The minimum Gasteiger partial charge on any atom is -0.407 e. The molecule has 0 bridgehead atoms. The monoisotopic (exact) mass is 245 g/mol. The molecule has 0 aromatic heterocycles. The van der Waals surface area contributed by atoms with Crippen LogP contribution in [0.25, 0.3) is 0 Å². The molecule has 1 aliphatic heterocycles. The number of anilines is 1. The van der Waals surface area contributed by atoms with E-state index in [2.05, 4.69) is 25.7 Å². The van der Waals surface area contributed by atoms with Crippen molar-refractivity contribution in [3.63, 3.8) is 0 Å². The van der Waals surface area contributed by atoms with E-state index in [1.807, 2.05) is 30.3 Å². The van der Waals surface area contributed by atoms with Crippen molar-refractivity contribution in [2.45, 2.75) is 13.8 Å². The lowest BCUT2D eigenvalue weighted by Crippen LogP contribution is -2.48. The molecule has 0 unspecified atom stereocenters. The predicted octanol–water partition coefficient (Wildman–Crippen LogP) is 2.05. The van der Waals surface area contributed by atoms with Gasteiger partial charge in [0.1, 0.15) is 0 Å². The molecule has 3 nitrogen and oxygen atoms in total. The van der Waals surface area contributed by atoms with Gasteiger partial charge in [-0.25, -0.2) is 0 Å². The Balaban J connectivity index is 2.11. The highest BCUT2D eigenvalue weighted by Gasteiger charge is 2.34. The van der Waals surface area contributed by atoms with Crippen molar-refractivity contribution in [2.75, 3.05) is 25.1 Å². The summed E-state index contributed by atoms with van der Waals surface area (Å²) in [4.78, 5) is 0. The molecule has 1 saturated heterocycles. The second-order valence-corrected chi connectivity index (χ2v) is 5.37. The van der Waals surface area contributed by atoms with Gasteiger partial charge in [0.25, 0.3) is 0 Å². The number of hydrogen-bond acceptors (Lipinski definition) is 3.